The van der Waals surface area contributed by atoms with E-state index in [1.54, 1.807) is 0 Å². The van der Waals surface area contributed by atoms with Crippen molar-refractivity contribution in [3.05, 3.63) is 35.4 Å². The van der Waals surface area contributed by atoms with Gasteiger partial charge in [-0.15, -0.1) is 0 Å². The SMILES string of the molecule is CCNC(=O)CNCCc1cccc(C)c1. The van der Waals surface area contributed by atoms with Crippen molar-refractivity contribution in [3.63, 3.8) is 0 Å². The molecule has 16 heavy (non-hydrogen) atoms. The van der Waals surface area contributed by atoms with E-state index in [4.69, 9.17) is 0 Å². The summed E-state index contributed by atoms with van der Waals surface area (Å²) in [6.45, 7) is 5.94. The van der Waals surface area contributed by atoms with Crippen LogP contribution in [0.15, 0.2) is 24.3 Å². The lowest BCUT2D eigenvalue weighted by atomic mass is 10.1. The lowest BCUT2D eigenvalue weighted by molar-refractivity contribution is -0.120. The number of carbonyl (C=O) groups is 1. The topological polar surface area (TPSA) is 41.1 Å². The molecule has 3 nitrogen and oxygen atoms in total. The van der Waals surface area contributed by atoms with Gasteiger partial charge in [0.05, 0.1) is 6.54 Å². The van der Waals surface area contributed by atoms with Crippen LogP contribution in [0.4, 0.5) is 0 Å². The molecule has 0 atom stereocenters. The van der Waals surface area contributed by atoms with Gasteiger partial charge in [-0.1, -0.05) is 29.8 Å². The van der Waals surface area contributed by atoms with Crippen LogP contribution in [0.1, 0.15) is 18.1 Å². The van der Waals surface area contributed by atoms with Crippen LogP contribution in [-0.2, 0) is 11.2 Å². The Bertz CT molecular complexity index is 336. The third-order valence-electron chi connectivity index (χ3n) is 2.33. The second-order valence-corrected chi connectivity index (χ2v) is 3.87. The van der Waals surface area contributed by atoms with E-state index in [-0.39, 0.29) is 5.91 Å². The smallest absolute Gasteiger partial charge is 0.233 e. The van der Waals surface area contributed by atoms with Gasteiger partial charge in [0.15, 0.2) is 0 Å². The molecule has 1 aromatic carbocycles. The van der Waals surface area contributed by atoms with E-state index < -0.39 is 0 Å². The van der Waals surface area contributed by atoms with Crippen LogP contribution < -0.4 is 10.6 Å². The molecule has 3 heteroatoms. The molecule has 0 aliphatic heterocycles. The number of aryl methyl sites for hydroxylation is 1. The molecule has 0 aromatic heterocycles. The van der Waals surface area contributed by atoms with Crippen molar-refractivity contribution >= 4 is 5.91 Å². The average Bonchev–Trinajstić information content (AvgIpc) is 2.25. The summed E-state index contributed by atoms with van der Waals surface area (Å²) < 4.78 is 0. The number of hydrogen-bond acceptors (Lipinski definition) is 2. The Hall–Kier alpha value is -1.35. The Labute approximate surface area is 97.2 Å². The minimum absolute atomic E-state index is 0.0618. The van der Waals surface area contributed by atoms with Gasteiger partial charge in [0.2, 0.25) is 5.91 Å². The van der Waals surface area contributed by atoms with Crippen molar-refractivity contribution in [3.8, 4) is 0 Å². The van der Waals surface area contributed by atoms with Gasteiger partial charge in [0.25, 0.3) is 0 Å². The molecule has 1 amide bonds. The normalized spacial score (nSPS) is 10.1. The van der Waals surface area contributed by atoms with Crippen LogP contribution in [0, 0.1) is 6.92 Å². The number of rotatable bonds is 6. The third-order valence-corrected chi connectivity index (χ3v) is 2.33. The van der Waals surface area contributed by atoms with Gasteiger partial charge in [-0.3, -0.25) is 4.79 Å². The maximum atomic E-state index is 11.1. The highest BCUT2D eigenvalue weighted by Gasteiger charge is 1.98. The first-order valence-corrected chi connectivity index (χ1v) is 5.75. The van der Waals surface area contributed by atoms with Crippen LogP contribution in [-0.4, -0.2) is 25.5 Å². The van der Waals surface area contributed by atoms with Gasteiger partial charge in [0.1, 0.15) is 0 Å². The summed E-state index contributed by atoms with van der Waals surface area (Å²) in [5, 5.41) is 5.88. The van der Waals surface area contributed by atoms with E-state index in [1.807, 2.05) is 6.92 Å². The van der Waals surface area contributed by atoms with Gasteiger partial charge in [0, 0.05) is 6.54 Å². The molecule has 1 aromatic rings. The zero-order chi connectivity index (χ0) is 11.8. The predicted octanol–water partition coefficient (Wildman–Crippen LogP) is 1.26. The minimum atomic E-state index is 0.0618. The standard InChI is InChI=1S/C13H20N2O/c1-3-15-13(16)10-14-8-7-12-6-4-5-11(2)9-12/h4-6,9,14H,3,7-8,10H2,1-2H3,(H,15,16). The molecule has 2 N–H and O–H groups in total. The first-order chi connectivity index (χ1) is 7.72. The Balaban J connectivity index is 2.18. The lowest BCUT2D eigenvalue weighted by Crippen LogP contribution is -2.34. The minimum Gasteiger partial charge on any atom is -0.355 e. The average molecular weight is 220 g/mol. The van der Waals surface area contributed by atoms with E-state index in [2.05, 4.69) is 41.8 Å². The number of likely N-dealkylation sites (N-methyl/N-ethyl adjacent to an activating group) is 1. The van der Waals surface area contributed by atoms with E-state index in [0.717, 1.165) is 13.0 Å². The summed E-state index contributed by atoms with van der Waals surface area (Å²) in [5.74, 6) is 0.0618. The van der Waals surface area contributed by atoms with Gasteiger partial charge >= 0.3 is 0 Å². The maximum absolute atomic E-state index is 11.1. The third kappa shape index (κ3) is 4.94. The fraction of sp³-hybridized carbons (Fsp3) is 0.462. The summed E-state index contributed by atoms with van der Waals surface area (Å²) in [6, 6.07) is 8.44. The summed E-state index contributed by atoms with van der Waals surface area (Å²) in [7, 11) is 0. The fourth-order valence-corrected chi connectivity index (χ4v) is 1.56. The number of amides is 1. The van der Waals surface area contributed by atoms with Gasteiger partial charge in [-0.2, -0.15) is 0 Å². The molecule has 0 fully saturated rings. The van der Waals surface area contributed by atoms with E-state index in [1.165, 1.54) is 11.1 Å². The molecule has 1 rings (SSSR count). The van der Waals surface area contributed by atoms with Gasteiger partial charge in [-0.25, -0.2) is 0 Å². The molecule has 0 spiro atoms. The molecule has 0 bridgehead atoms. The molecule has 0 saturated carbocycles. The highest BCUT2D eigenvalue weighted by molar-refractivity contribution is 5.77. The maximum Gasteiger partial charge on any atom is 0.233 e. The van der Waals surface area contributed by atoms with Crippen molar-refractivity contribution in [2.45, 2.75) is 20.3 Å². The van der Waals surface area contributed by atoms with Crippen molar-refractivity contribution in [1.82, 2.24) is 10.6 Å². The van der Waals surface area contributed by atoms with Crippen molar-refractivity contribution in [2.75, 3.05) is 19.6 Å². The molecule has 0 radical (unpaired) electrons. The van der Waals surface area contributed by atoms with Crippen molar-refractivity contribution in [1.29, 1.82) is 0 Å². The second kappa shape index (κ2) is 7.01. The zero-order valence-corrected chi connectivity index (χ0v) is 10.0. The van der Waals surface area contributed by atoms with Gasteiger partial charge in [-0.05, 0) is 32.4 Å². The van der Waals surface area contributed by atoms with E-state index in [9.17, 15) is 4.79 Å². The first-order valence-electron chi connectivity index (χ1n) is 5.75. The summed E-state index contributed by atoms with van der Waals surface area (Å²) in [6.07, 6.45) is 0.959. The molecule has 0 aliphatic rings. The van der Waals surface area contributed by atoms with Crippen LogP contribution in [0.2, 0.25) is 0 Å². The predicted molar refractivity (Wildman–Crippen MR) is 66.4 cm³/mol. The first kappa shape index (κ1) is 12.7. The monoisotopic (exact) mass is 220 g/mol. The van der Waals surface area contributed by atoms with Crippen LogP contribution in [0.5, 0.6) is 0 Å². The Morgan fingerprint density at radius 2 is 2.19 bits per heavy atom. The second-order valence-electron chi connectivity index (χ2n) is 3.87. The largest absolute Gasteiger partial charge is 0.355 e. The fourth-order valence-electron chi connectivity index (χ4n) is 1.56. The number of nitrogens with one attached hydrogen (secondary N) is 2. The summed E-state index contributed by atoms with van der Waals surface area (Å²) in [5.41, 5.74) is 2.59. The Morgan fingerprint density at radius 3 is 2.88 bits per heavy atom. The molecule has 88 valence electrons. The van der Waals surface area contributed by atoms with Crippen molar-refractivity contribution < 1.29 is 4.79 Å². The molecular weight excluding hydrogens is 200 g/mol. The van der Waals surface area contributed by atoms with E-state index >= 15 is 0 Å². The molecule has 0 saturated heterocycles. The highest BCUT2D eigenvalue weighted by Crippen LogP contribution is 2.03. The van der Waals surface area contributed by atoms with Crippen LogP contribution in [0.25, 0.3) is 0 Å². The quantitative estimate of drug-likeness (QED) is 0.709. The number of hydrogen-bond donors (Lipinski definition) is 2. The van der Waals surface area contributed by atoms with Crippen LogP contribution >= 0.6 is 0 Å². The van der Waals surface area contributed by atoms with E-state index in [0.29, 0.717) is 13.1 Å². The Morgan fingerprint density at radius 1 is 1.38 bits per heavy atom. The molecule has 0 heterocycles. The zero-order valence-electron chi connectivity index (χ0n) is 10.0. The summed E-state index contributed by atoms with van der Waals surface area (Å²) in [4.78, 5) is 11.1. The number of benzene rings is 1. The molecular formula is C13H20N2O. The van der Waals surface area contributed by atoms with Crippen LogP contribution in [0.3, 0.4) is 0 Å². The highest BCUT2D eigenvalue weighted by atomic mass is 16.1. The number of carbonyl (C=O) groups excluding carboxylic acids is 1. The summed E-state index contributed by atoms with van der Waals surface area (Å²) >= 11 is 0. The van der Waals surface area contributed by atoms with Gasteiger partial charge < -0.3 is 10.6 Å². The molecule has 0 unspecified atom stereocenters. The lowest BCUT2D eigenvalue weighted by Gasteiger charge is -2.05. The molecule has 0 aliphatic carbocycles. The Kier molecular flexibility index (Phi) is 5.57. The van der Waals surface area contributed by atoms with Crippen molar-refractivity contribution in [2.24, 2.45) is 0 Å².